The normalized spacial score (nSPS) is 12.1. The Bertz CT molecular complexity index is 491. The van der Waals surface area contributed by atoms with Crippen LogP contribution in [0, 0.1) is 0 Å². The second kappa shape index (κ2) is 6.78. The number of halogens is 2. The van der Waals surface area contributed by atoms with E-state index in [1.54, 1.807) is 0 Å². The van der Waals surface area contributed by atoms with E-state index in [1.807, 2.05) is 0 Å². The molecule has 0 amide bonds. The third kappa shape index (κ3) is 4.12. The Morgan fingerprint density at radius 2 is 1.89 bits per heavy atom. The second-order valence-electron chi connectivity index (χ2n) is 3.72. The minimum atomic E-state index is -3.97. The summed E-state index contributed by atoms with van der Waals surface area (Å²) in [6.07, 6.45) is -2.75. The van der Waals surface area contributed by atoms with Crippen molar-refractivity contribution < 1.29 is 21.9 Å². The van der Waals surface area contributed by atoms with Crippen molar-refractivity contribution >= 4 is 10.0 Å². The van der Waals surface area contributed by atoms with Crippen LogP contribution in [0.1, 0.15) is 0 Å². The Hall–Kier alpha value is -1.25. The zero-order valence-electron chi connectivity index (χ0n) is 10.4. The molecule has 0 unspecified atom stereocenters. The molecule has 108 valence electrons. The summed E-state index contributed by atoms with van der Waals surface area (Å²) < 4.78 is 54.7. The van der Waals surface area contributed by atoms with Crippen molar-refractivity contribution in [3.63, 3.8) is 0 Å². The van der Waals surface area contributed by atoms with Crippen LogP contribution < -0.4 is 10.5 Å². The first-order valence-electron chi connectivity index (χ1n) is 5.54. The Balaban J connectivity index is 3.03. The Kier molecular flexibility index (Phi) is 5.64. The number of benzene rings is 1. The standard InChI is InChI=1S/C11H16F2N2O3S/c1-18-9-2-4-10(5-3-9)19(16,17)15(7-6-14)8-11(12)13/h2-5,11H,6-8,14H2,1H3. The number of methoxy groups -OCH3 is 1. The summed E-state index contributed by atoms with van der Waals surface area (Å²) in [6, 6.07) is 5.53. The lowest BCUT2D eigenvalue weighted by molar-refractivity contribution is 0.120. The van der Waals surface area contributed by atoms with Gasteiger partial charge in [0.15, 0.2) is 0 Å². The zero-order chi connectivity index (χ0) is 14.5. The van der Waals surface area contributed by atoms with E-state index in [0.717, 1.165) is 0 Å². The first-order chi connectivity index (χ1) is 8.91. The Morgan fingerprint density at radius 1 is 1.32 bits per heavy atom. The quantitative estimate of drug-likeness (QED) is 0.811. The van der Waals surface area contributed by atoms with Gasteiger partial charge in [-0.1, -0.05) is 0 Å². The number of ether oxygens (including phenoxy) is 1. The lowest BCUT2D eigenvalue weighted by Crippen LogP contribution is -2.38. The van der Waals surface area contributed by atoms with E-state index in [1.165, 1.54) is 31.4 Å². The minimum absolute atomic E-state index is 0.0257. The highest BCUT2D eigenvalue weighted by molar-refractivity contribution is 7.89. The van der Waals surface area contributed by atoms with Crippen LogP contribution in [0.5, 0.6) is 5.75 Å². The molecule has 0 aromatic heterocycles. The van der Waals surface area contributed by atoms with Crippen LogP contribution in [0.2, 0.25) is 0 Å². The van der Waals surface area contributed by atoms with Gasteiger partial charge in [-0.05, 0) is 24.3 Å². The molecule has 0 bridgehead atoms. The van der Waals surface area contributed by atoms with Crippen molar-refractivity contribution in [3.05, 3.63) is 24.3 Å². The summed E-state index contributed by atoms with van der Waals surface area (Å²) in [7, 11) is -2.52. The second-order valence-corrected chi connectivity index (χ2v) is 5.66. The maximum atomic E-state index is 12.4. The highest BCUT2D eigenvalue weighted by atomic mass is 32.2. The molecule has 1 rings (SSSR count). The fourth-order valence-electron chi connectivity index (χ4n) is 1.50. The third-order valence-corrected chi connectivity index (χ3v) is 4.30. The summed E-state index contributed by atoms with van der Waals surface area (Å²) in [4.78, 5) is -0.0672. The van der Waals surface area contributed by atoms with Crippen molar-refractivity contribution in [3.8, 4) is 5.75 Å². The van der Waals surface area contributed by atoms with E-state index in [4.69, 9.17) is 10.5 Å². The molecule has 0 aliphatic heterocycles. The molecule has 0 radical (unpaired) electrons. The monoisotopic (exact) mass is 294 g/mol. The molecule has 0 heterocycles. The zero-order valence-corrected chi connectivity index (χ0v) is 11.2. The number of hydrogen-bond acceptors (Lipinski definition) is 4. The molecule has 2 N–H and O–H groups in total. The molecule has 8 heteroatoms. The fraction of sp³-hybridized carbons (Fsp3) is 0.455. The van der Waals surface area contributed by atoms with Crippen molar-refractivity contribution in [2.24, 2.45) is 5.73 Å². The number of alkyl halides is 2. The van der Waals surface area contributed by atoms with Crippen molar-refractivity contribution in [2.75, 3.05) is 26.7 Å². The lowest BCUT2D eigenvalue weighted by Gasteiger charge is -2.21. The van der Waals surface area contributed by atoms with E-state index in [0.29, 0.717) is 10.1 Å². The van der Waals surface area contributed by atoms with Gasteiger partial charge in [-0.3, -0.25) is 0 Å². The third-order valence-electron chi connectivity index (χ3n) is 2.42. The van der Waals surface area contributed by atoms with E-state index in [-0.39, 0.29) is 18.0 Å². The summed E-state index contributed by atoms with van der Waals surface area (Å²) >= 11 is 0. The van der Waals surface area contributed by atoms with Gasteiger partial charge in [-0.25, -0.2) is 17.2 Å². The van der Waals surface area contributed by atoms with Gasteiger partial charge in [-0.15, -0.1) is 0 Å². The van der Waals surface area contributed by atoms with Crippen LogP contribution in [-0.2, 0) is 10.0 Å². The molecule has 1 aromatic carbocycles. The van der Waals surface area contributed by atoms with Crippen molar-refractivity contribution in [1.82, 2.24) is 4.31 Å². The molecule has 0 saturated carbocycles. The molecular weight excluding hydrogens is 278 g/mol. The predicted molar refractivity (Wildman–Crippen MR) is 66.8 cm³/mol. The maximum Gasteiger partial charge on any atom is 0.252 e. The number of rotatable bonds is 7. The largest absolute Gasteiger partial charge is 0.497 e. The number of nitrogens with two attached hydrogens (primary N) is 1. The fourth-order valence-corrected chi connectivity index (χ4v) is 2.94. The average molecular weight is 294 g/mol. The molecule has 0 aliphatic rings. The molecular formula is C11H16F2N2O3S. The lowest BCUT2D eigenvalue weighted by atomic mass is 10.3. The van der Waals surface area contributed by atoms with Gasteiger partial charge in [0.05, 0.1) is 18.6 Å². The molecule has 5 nitrogen and oxygen atoms in total. The van der Waals surface area contributed by atoms with E-state index in [2.05, 4.69) is 0 Å². The summed E-state index contributed by atoms with van der Waals surface area (Å²) in [5.74, 6) is 0.484. The molecule has 0 atom stereocenters. The van der Waals surface area contributed by atoms with E-state index < -0.39 is 23.0 Å². The van der Waals surface area contributed by atoms with Crippen molar-refractivity contribution in [2.45, 2.75) is 11.3 Å². The average Bonchev–Trinajstić information content (AvgIpc) is 2.38. The summed E-state index contributed by atoms with van der Waals surface area (Å²) in [5.41, 5.74) is 5.25. The van der Waals surface area contributed by atoms with Gasteiger partial charge in [0.25, 0.3) is 6.43 Å². The smallest absolute Gasteiger partial charge is 0.252 e. The number of nitrogens with zero attached hydrogens (tertiary/aromatic N) is 1. The highest BCUT2D eigenvalue weighted by Crippen LogP contribution is 2.19. The van der Waals surface area contributed by atoms with Crippen LogP contribution in [-0.4, -0.2) is 45.9 Å². The molecule has 0 saturated heterocycles. The summed E-state index contributed by atoms with van der Waals surface area (Å²) in [6.45, 7) is -1.05. The molecule has 0 spiro atoms. The van der Waals surface area contributed by atoms with Crippen LogP contribution in [0.4, 0.5) is 8.78 Å². The van der Waals surface area contributed by atoms with Crippen LogP contribution in [0.25, 0.3) is 0 Å². The van der Waals surface area contributed by atoms with Gasteiger partial charge >= 0.3 is 0 Å². The van der Waals surface area contributed by atoms with E-state index >= 15 is 0 Å². The topological polar surface area (TPSA) is 72.6 Å². The molecule has 0 fully saturated rings. The molecule has 19 heavy (non-hydrogen) atoms. The van der Waals surface area contributed by atoms with Gasteiger partial charge < -0.3 is 10.5 Å². The first-order valence-corrected chi connectivity index (χ1v) is 6.98. The van der Waals surface area contributed by atoms with Gasteiger partial charge in [0, 0.05) is 13.1 Å². The van der Waals surface area contributed by atoms with Crippen LogP contribution in [0.3, 0.4) is 0 Å². The predicted octanol–water partition coefficient (Wildman–Crippen LogP) is 0.910. The first kappa shape index (κ1) is 15.8. The van der Waals surface area contributed by atoms with Gasteiger partial charge in [-0.2, -0.15) is 4.31 Å². The SMILES string of the molecule is COc1ccc(S(=O)(=O)N(CCN)CC(F)F)cc1. The summed E-state index contributed by atoms with van der Waals surface area (Å²) in [5, 5.41) is 0. The van der Waals surface area contributed by atoms with Gasteiger partial charge in [0.2, 0.25) is 10.0 Å². The van der Waals surface area contributed by atoms with Crippen LogP contribution >= 0.6 is 0 Å². The number of hydrogen-bond donors (Lipinski definition) is 1. The highest BCUT2D eigenvalue weighted by Gasteiger charge is 2.26. The minimum Gasteiger partial charge on any atom is -0.497 e. The van der Waals surface area contributed by atoms with E-state index in [9.17, 15) is 17.2 Å². The molecule has 0 aliphatic carbocycles. The number of sulfonamides is 1. The van der Waals surface area contributed by atoms with Crippen LogP contribution in [0.15, 0.2) is 29.2 Å². The van der Waals surface area contributed by atoms with Gasteiger partial charge in [0.1, 0.15) is 5.75 Å². The maximum absolute atomic E-state index is 12.4. The Morgan fingerprint density at radius 3 is 2.32 bits per heavy atom. The molecule has 1 aromatic rings. The van der Waals surface area contributed by atoms with Crippen molar-refractivity contribution in [1.29, 1.82) is 0 Å². The Labute approximate surface area is 111 Å².